The van der Waals surface area contributed by atoms with Crippen LogP contribution in [0.3, 0.4) is 0 Å². The first-order chi connectivity index (χ1) is 9.06. The molecule has 2 rings (SSSR count). The predicted octanol–water partition coefficient (Wildman–Crippen LogP) is 0.330. The summed E-state index contributed by atoms with van der Waals surface area (Å²) in [5, 5.41) is 0. The lowest BCUT2D eigenvalue weighted by Crippen LogP contribution is -2.25. The second-order valence-corrected chi connectivity index (χ2v) is 5.45. The molecule has 0 aliphatic carbocycles. The van der Waals surface area contributed by atoms with Gasteiger partial charge in [0.25, 0.3) is 0 Å². The summed E-state index contributed by atoms with van der Waals surface area (Å²) < 4.78 is 22.4. The molecule has 19 heavy (non-hydrogen) atoms. The highest BCUT2D eigenvalue weighted by Crippen LogP contribution is 2.14. The quantitative estimate of drug-likeness (QED) is 0.514. The molecule has 4 unspecified atom stereocenters. The van der Waals surface area contributed by atoms with Gasteiger partial charge in [0.2, 0.25) is 0 Å². The average Bonchev–Trinajstić information content (AvgIpc) is 2.83. The molecule has 2 aliphatic heterocycles. The number of hydrogen-bond donors (Lipinski definition) is 0. The summed E-state index contributed by atoms with van der Waals surface area (Å²) in [6.07, 6.45) is 0.659. The third-order valence-electron chi connectivity index (χ3n) is 3.78. The molecule has 0 N–H and O–H groups in total. The van der Waals surface area contributed by atoms with Crippen molar-refractivity contribution in [1.29, 1.82) is 0 Å². The van der Waals surface area contributed by atoms with E-state index in [1.54, 1.807) is 0 Å². The molecule has 0 saturated carbocycles. The average molecular weight is 274 g/mol. The van der Waals surface area contributed by atoms with E-state index in [1.807, 2.05) is 13.8 Å². The molecule has 6 nitrogen and oxygen atoms in total. The molecular formula is C13H26N2O4. The van der Waals surface area contributed by atoms with Gasteiger partial charge in [-0.3, -0.25) is 9.80 Å². The zero-order chi connectivity index (χ0) is 13.8. The van der Waals surface area contributed by atoms with E-state index in [2.05, 4.69) is 23.9 Å². The molecule has 2 saturated heterocycles. The van der Waals surface area contributed by atoms with Gasteiger partial charge < -0.3 is 18.9 Å². The normalized spacial score (nSPS) is 37.3. The molecule has 0 aromatic rings. The molecule has 2 fully saturated rings. The molecule has 0 spiro atoms. The molecule has 4 atom stereocenters. The van der Waals surface area contributed by atoms with Crippen LogP contribution in [0.25, 0.3) is 0 Å². The fraction of sp³-hybridized carbons (Fsp3) is 1.00. The van der Waals surface area contributed by atoms with Crippen LogP contribution in [0.1, 0.15) is 13.8 Å². The van der Waals surface area contributed by atoms with Crippen LogP contribution in [0, 0.1) is 0 Å². The Labute approximate surface area is 115 Å². The number of rotatable bonds is 6. The van der Waals surface area contributed by atoms with Crippen LogP contribution >= 0.6 is 0 Å². The van der Waals surface area contributed by atoms with Gasteiger partial charge >= 0.3 is 0 Å². The molecule has 2 heterocycles. The second-order valence-electron chi connectivity index (χ2n) is 5.45. The summed E-state index contributed by atoms with van der Waals surface area (Å²) in [5.74, 6) is 0. The molecule has 0 radical (unpaired) electrons. The summed E-state index contributed by atoms with van der Waals surface area (Å²) >= 11 is 0. The van der Waals surface area contributed by atoms with Gasteiger partial charge in [0.15, 0.2) is 0 Å². The Bertz CT molecular complexity index is 233. The van der Waals surface area contributed by atoms with Crippen molar-refractivity contribution in [2.45, 2.75) is 38.5 Å². The van der Waals surface area contributed by atoms with E-state index >= 15 is 0 Å². The van der Waals surface area contributed by atoms with E-state index in [0.717, 1.165) is 13.1 Å². The molecule has 6 heteroatoms. The van der Waals surface area contributed by atoms with Crippen LogP contribution in [0.2, 0.25) is 0 Å². The Balaban J connectivity index is 1.49. The standard InChI is InChI=1S/C13H26N2O4/c1-10-14(3)5-12(18-10)7-16-9-17-8-13-6-15(4)11(2)19-13/h10-13H,5-9H2,1-4H3. The Kier molecular flexibility index (Phi) is 5.56. The highest BCUT2D eigenvalue weighted by Gasteiger charge is 2.28. The van der Waals surface area contributed by atoms with Crippen LogP contribution in [-0.2, 0) is 18.9 Å². The first-order valence-corrected chi connectivity index (χ1v) is 6.93. The minimum atomic E-state index is 0.150. The lowest BCUT2D eigenvalue weighted by atomic mass is 10.4. The highest BCUT2D eigenvalue weighted by atomic mass is 16.7. The molecule has 0 aromatic heterocycles. The van der Waals surface area contributed by atoms with Gasteiger partial charge in [0.05, 0.1) is 25.4 Å². The van der Waals surface area contributed by atoms with Crippen LogP contribution in [0.4, 0.5) is 0 Å². The van der Waals surface area contributed by atoms with Gasteiger partial charge in [-0.2, -0.15) is 0 Å². The number of nitrogens with zero attached hydrogens (tertiary/aromatic N) is 2. The number of hydrogen-bond acceptors (Lipinski definition) is 6. The topological polar surface area (TPSA) is 43.4 Å². The Morgan fingerprint density at radius 2 is 1.32 bits per heavy atom. The van der Waals surface area contributed by atoms with Crippen molar-refractivity contribution in [3.8, 4) is 0 Å². The SMILES string of the molecule is CC1OC(COCOCC2CN(C)C(C)O2)CN1C. The minimum Gasteiger partial charge on any atom is -0.356 e. The van der Waals surface area contributed by atoms with Gasteiger partial charge in [-0.15, -0.1) is 0 Å². The van der Waals surface area contributed by atoms with E-state index in [1.165, 1.54) is 0 Å². The molecule has 0 bridgehead atoms. The number of likely N-dealkylation sites (N-methyl/N-ethyl adjacent to an activating group) is 2. The zero-order valence-electron chi connectivity index (χ0n) is 12.4. The van der Waals surface area contributed by atoms with Crippen molar-refractivity contribution in [2.75, 3.05) is 47.2 Å². The monoisotopic (exact) mass is 274 g/mol. The first kappa shape index (κ1) is 15.2. The fourth-order valence-corrected chi connectivity index (χ4v) is 2.39. The van der Waals surface area contributed by atoms with Gasteiger partial charge in [0.1, 0.15) is 19.2 Å². The van der Waals surface area contributed by atoms with Crippen molar-refractivity contribution in [2.24, 2.45) is 0 Å². The van der Waals surface area contributed by atoms with Crippen LogP contribution in [0.5, 0.6) is 0 Å². The fourth-order valence-electron chi connectivity index (χ4n) is 2.39. The van der Waals surface area contributed by atoms with Crippen molar-refractivity contribution in [3.63, 3.8) is 0 Å². The molecule has 2 aliphatic rings. The molecule has 0 aromatic carbocycles. The van der Waals surface area contributed by atoms with Crippen LogP contribution < -0.4 is 0 Å². The van der Waals surface area contributed by atoms with Crippen molar-refractivity contribution >= 4 is 0 Å². The smallest absolute Gasteiger partial charge is 0.146 e. The molecule has 0 amide bonds. The van der Waals surface area contributed by atoms with Crippen LogP contribution in [-0.4, -0.2) is 81.7 Å². The van der Waals surface area contributed by atoms with Gasteiger partial charge in [-0.1, -0.05) is 0 Å². The van der Waals surface area contributed by atoms with Crippen molar-refractivity contribution < 1.29 is 18.9 Å². The third-order valence-corrected chi connectivity index (χ3v) is 3.78. The highest BCUT2D eigenvalue weighted by molar-refractivity contribution is 4.73. The zero-order valence-corrected chi connectivity index (χ0v) is 12.4. The summed E-state index contributed by atoms with van der Waals surface area (Å²) in [5.41, 5.74) is 0. The van der Waals surface area contributed by atoms with Crippen LogP contribution in [0.15, 0.2) is 0 Å². The van der Waals surface area contributed by atoms with E-state index in [4.69, 9.17) is 18.9 Å². The lowest BCUT2D eigenvalue weighted by molar-refractivity contribution is -0.109. The van der Waals surface area contributed by atoms with E-state index < -0.39 is 0 Å². The predicted molar refractivity (Wildman–Crippen MR) is 70.7 cm³/mol. The van der Waals surface area contributed by atoms with Gasteiger partial charge in [0, 0.05) is 13.1 Å². The summed E-state index contributed by atoms with van der Waals surface area (Å²) in [4.78, 5) is 4.33. The largest absolute Gasteiger partial charge is 0.356 e. The van der Waals surface area contributed by atoms with Crippen molar-refractivity contribution in [1.82, 2.24) is 9.80 Å². The maximum atomic E-state index is 5.70. The first-order valence-electron chi connectivity index (χ1n) is 6.93. The summed E-state index contributed by atoms with van der Waals surface area (Å²) in [6.45, 7) is 7.38. The Morgan fingerprint density at radius 3 is 1.63 bits per heavy atom. The Hall–Kier alpha value is -0.240. The summed E-state index contributed by atoms with van der Waals surface area (Å²) in [6, 6.07) is 0. The van der Waals surface area contributed by atoms with E-state index in [9.17, 15) is 0 Å². The van der Waals surface area contributed by atoms with Gasteiger partial charge in [-0.05, 0) is 27.9 Å². The van der Waals surface area contributed by atoms with E-state index in [0.29, 0.717) is 20.0 Å². The van der Waals surface area contributed by atoms with Crippen molar-refractivity contribution in [3.05, 3.63) is 0 Å². The van der Waals surface area contributed by atoms with E-state index in [-0.39, 0.29) is 24.7 Å². The lowest BCUT2D eigenvalue weighted by Gasteiger charge is -2.12. The Morgan fingerprint density at radius 1 is 0.895 bits per heavy atom. The third kappa shape index (κ3) is 4.37. The number of ether oxygens (including phenoxy) is 4. The molecule has 112 valence electrons. The molecular weight excluding hydrogens is 248 g/mol. The summed E-state index contributed by atoms with van der Waals surface area (Å²) in [7, 11) is 4.10. The minimum absolute atomic E-state index is 0.150. The van der Waals surface area contributed by atoms with Gasteiger partial charge in [-0.25, -0.2) is 0 Å². The second kappa shape index (κ2) is 6.97. The maximum absolute atomic E-state index is 5.70. The maximum Gasteiger partial charge on any atom is 0.146 e.